The van der Waals surface area contributed by atoms with Crippen molar-refractivity contribution in [2.24, 2.45) is 0 Å². The Hall–Kier alpha value is -2.33. The number of urea groups is 1. The van der Waals surface area contributed by atoms with Gasteiger partial charge in [-0.2, -0.15) is 0 Å². The molecule has 0 aromatic heterocycles. The normalized spacial score (nSPS) is 10.1. The van der Waals surface area contributed by atoms with Crippen LogP contribution in [0.25, 0.3) is 0 Å². The Kier molecular flexibility index (Phi) is 5.15. The molecule has 0 saturated carbocycles. The molecule has 104 valence electrons. The Bertz CT molecular complexity index is 555. The second-order valence-corrected chi connectivity index (χ2v) is 4.38. The van der Waals surface area contributed by atoms with E-state index in [2.05, 4.69) is 10.6 Å². The number of carbonyl (C=O) groups excluding carboxylic acids is 1. The van der Waals surface area contributed by atoms with E-state index in [-0.39, 0.29) is 6.03 Å². The first kappa shape index (κ1) is 14.1. The summed E-state index contributed by atoms with van der Waals surface area (Å²) >= 11 is 0. The van der Waals surface area contributed by atoms with Gasteiger partial charge in [-0.3, -0.25) is 0 Å². The molecule has 2 amide bonds. The zero-order valence-electron chi connectivity index (χ0n) is 11.4. The molecule has 2 N–H and O–H groups in total. The zero-order chi connectivity index (χ0) is 14.2. The molecular weight excluding hydrogens is 252 g/mol. The third-order valence-corrected chi connectivity index (χ3v) is 2.86. The van der Waals surface area contributed by atoms with Crippen molar-refractivity contribution in [3.05, 3.63) is 65.7 Å². The van der Waals surface area contributed by atoms with Crippen LogP contribution in [-0.4, -0.2) is 13.1 Å². The number of hydrogen-bond donors (Lipinski definition) is 2. The molecule has 0 fully saturated rings. The topological polar surface area (TPSA) is 50.4 Å². The van der Waals surface area contributed by atoms with Crippen molar-refractivity contribution >= 4 is 11.7 Å². The highest BCUT2D eigenvalue weighted by molar-refractivity contribution is 5.90. The molecule has 20 heavy (non-hydrogen) atoms. The van der Waals surface area contributed by atoms with E-state index in [1.165, 1.54) is 0 Å². The van der Waals surface area contributed by atoms with Gasteiger partial charge < -0.3 is 15.4 Å². The standard InChI is InChI=1S/C16H18N2O2/c1-20-12-14-9-5-6-10-15(14)18-16(19)17-11-13-7-3-2-4-8-13/h2-10H,11-12H2,1H3,(H2,17,18,19). The van der Waals surface area contributed by atoms with Crippen molar-refractivity contribution in [1.82, 2.24) is 5.32 Å². The van der Waals surface area contributed by atoms with Crippen molar-refractivity contribution < 1.29 is 9.53 Å². The average Bonchev–Trinajstić information content (AvgIpc) is 2.49. The predicted octanol–water partition coefficient (Wildman–Crippen LogP) is 3.15. The predicted molar refractivity (Wildman–Crippen MR) is 79.5 cm³/mol. The summed E-state index contributed by atoms with van der Waals surface area (Å²) in [4.78, 5) is 11.9. The van der Waals surface area contributed by atoms with E-state index in [1.807, 2.05) is 54.6 Å². The van der Waals surface area contributed by atoms with E-state index >= 15 is 0 Å². The van der Waals surface area contributed by atoms with E-state index in [9.17, 15) is 4.79 Å². The molecular formula is C16H18N2O2. The number of amides is 2. The number of rotatable bonds is 5. The van der Waals surface area contributed by atoms with E-state index in [1.54, 1.807) is 7.11 Å². The van der Waals surface area contributed by atoms with Gasteiger partial charge in [0, 0.05) is 24.9 Å². The summed E-state index contributed by atoms with van der Waals surface area (Å²) in [6.07, 6.45) is 0. The molecule has 0 saturated heterocycles. The zero-order valence-corrected chi connectivity index (χ0v) is 11.4. The number of anilines is 1. The van der Waals surface area contributed by atoms with Crippen molar-refractivity contribution in [2.75, 3.05) is 12.4 Å². The van der Waals surface area contributed by atoms with Gasteiger partial charge in [0.05, 0.1) is 6.61 Å². The molecule has 0 bridgehead atoms. The third-order valence-electron chi connectivity index (χ3n) is 2.86. The molecule has 0 atom stereocenters. The second-order valence-electron chi connectivity index (χ2n) is 4.38. The maximum absolute atomic E-state index is 11.9. The molecule has 0 aliphatic carbocycles. The summed E-state index contributed by atoms with van der Waals surface area (Å²) in [5.41, 5.74) is 2.78. The second kappa shape index (κ2) is 7.31. The van der Waals surface area contributed by atoms with E-state index < -0.39 is 0 Å². The summed E-state index contributed by atoms with van der Waals surface area (Å²) in [5.74, 6) is 0. The summed E-state index contributed by atoms with van der Waals surface area (Å²) in [5, 5.41) is 5.66. The molecule has 0 aliphatic heterocycles. The van der Waals surface area contributed by atoms with Crippen LogP contribution < -0.4 is 10.6 Å². The molecule has 0 unspecified atom stereocenters. The molecule has 2 aromatic rings. The van der Waals surface area contributed by atoms with E-state index in [0.717, 1.165) is 16.8 Å². The molecule has 4 heteroatoms. The lowest BCUT2D eigenvalue weighted by Crippen LogP contribution is -2.28. The van der Waals surface area contributed by atoms with Crippen LogP contribution in [-0.2, 0) is 17.9 Å². The Morgan fingerprint density at radius 1 is 1.05 bits per heavy atom. The van der Waals surface area contributed by atoms with Gasteiger partial charge in [0.2, 0.25) is 0 Å². The van der Waals surface area contributed by atoms with Crippen LogP contribution in [0.1, 0.15) is 11.1 Å². The largest absolute Gasteiger partial charge is 0.380 e. The van der Waals surface area contributed by atoms with Gasteiger partial charge in [-0.05, 0) is 11.6 Å². The maximum atomic E-state index is 11.9. The fourth-order valence-electron chi connectivity index (χ4n) is 1.87. The first-order valence-electron chi connectivity index (χ1n) is 6.45. The van der Waals surface area contributed by atoms with Crippen LogP contribution >= 0.6 is 0 Å². The smallest absolute Gasteiger partial charge is 0.319 e. The van der Waals surface area contributed by atoms with Gasteiger partial charge in [0.15, 0.2) is 0 Å². The number of benzene rings is 2. The lowest BCUT2D eigenvalue weighted by atomic mass is 10.2. The number of methoxy groups -OCH3 is 1. The number of ether oxygens (including phenoxy) is 1. The Labute approximate surface area is 118 Å². The lowest BCUT2D eigenvalue weighted by Gasteiger charge is -2.11. The van der Waals surface area contributed by atoms with Crippen LogP contribution in [0.2, 0.25) is 0 Å². The van der Waals surface area contributed by atoms with Crippen LogP contribution in [0, 0.1) is 0 Å². The molecule has 0 heterocycles. The summed E-state index contributed by atoms with van der Waals surface area (Å²) in [6.45, 7) is 0.967. The quantitative estimate of drug-likeness (QED) is 0.876. The Morgan fingerprint density at radius 3 is 2.50 bits per heavy atom. The van der Waals surface area contributed by atoms with Crippen LogP contribution in [0.5, 0.6) is 0 Å². The van der Waals surface area contributed by atoms with Gasteiger partial charge in [0.1, 0.15) is 0 Å². The third kappa shape index (κ3) is 4.10. The number of nitrogens with one attached hydrogen (secondary N) is 2. The van der Waals surface area contributed by atoms with E-state index in [4.69, 9.17) is 4.74 Å². The van der Waals surface area contributed by atoms with Crippen LogP contribution in [0.4, 0.5) is 10.5 Å². The number of para-hydroxylation sites is 1. The van der Waals surface area contributed by atoms with Gasteiger partial charge in [0.25, 0.3) is 0 Å². The lowest BCUT2D eigenvalue weighted by molar-refractivity contribution is 0.185. The van der Waals surface area contributed by atoms with Crippen LogP contribution in [0.3, 0.4) is 0 Å². The van der Waals surface area contributed by atoms with Crippen molar-refractivity contribution in [2.45, 2.75) is 13.2 Å². The van der Waals surface area contributed by atoms with Gasteiger partial charge in [-0.1, -0.05) is 48.5 Å². The fraction of sp³-hybridized carbons (Fsp3) is 0.188. The van der Waals surface area contributed by atoms with Crippen LogP contribution in [0.15, 0.2) is 54.6 Å². The van der Waals surface area contributed by atoms with Gasteiger partial charge in [-0.15, -0.1) is 0 Å². The maximum Gasteiger partial charge on any atom is 0.319 e. The molecule has 0 spiro atoms. The minimum atomic E-state index is -0.225. The van der Waals surface area contributed by atoms with E-state index in [0.29, 0.717) is 13.2 Å². The van der Waals surface area contributed by atoms with Gasteiger partial charge >= 0.3 is 6.03 Å². The molecule has 2 rings (SSSR count). The average molecular weight is 270 g/mol. The first-order chi connectivity index (χ1) is 9.79. The van der Waals surface area contributed by atoms with Crippen molar-refractivity contribution in [1.29, 1.82) is 0 Å². The van der Waals surface area contributed by atoms with Gasteiger partial charge in [-0.25, -0.2) is 4.79 Å². The SMILES string of the molecule is COCc1ccccc1NC(=O)NCc1ccccc1. The summed E-state index contributed by atoms with van der Waals surface area (Å²) < 4.78 is 5.11. The fourth-order valence-corrected chi connectivity index (χ4v) is 1.87. The molecule has 0 radical (unpaired) electrons. The molecule has 0 aliphatic rings. The summed E-state index contributed by atoms with van der Waals surface area (Å²) in [6, 6.07) is 17.1. The monoisotopic (exact) mass is 270 g/mol. The Morgan fingerprint density at radius 2 is 1.75 bits per heavy atom. The van der Waals surface area contributed by atoms with Crippen molar-refractivity contribution in [3.63, 3.8) is 0 Å². The minimum Gasteiger partial charge on any atom is -0.380 e. The Balaban J connectivity index is 1.91. The number of carbonyl (C=O) groups is 1. The highest BCUT2D eigenvalue weighted by Crippen LogP contribution is 2.15. The molecule has 2 aromatic carbocycles. The highest BCUT2D eigenvalue weighted by atomic mass is 16.5. The van der Waals surface area contributed by atoms with Crippen molar-refractivity contribution in [3.8, 4) is 0 Å². The number of hydrogen-bond acceptors (Lipinski definition) is 2. The molecule has 4 nitrogen and oxygen atoms in total. The first-order valence-corrected chi connectivity index (χ1v) is 6.45. The minimum absolute atomic E-state index is 0.225. The summed E-state index contributed by atoms with van der Waals surface area (Å²) in [7, 11) is 1.63. The highest BCUT2D eigenvalue weighted by Gasteiger charge is 2.05.